The number of aliphatic hydroxyl groups is 1. The van der Waals surface area contributed by atoms with Crippen molar-refractivity contribution in [2.45, 2.75) is 47.6 Å². The Labute approximate surface area is 185 Å². The Balaban J connectivity index is 0.000000769. The predicted octanol–water partition coefficient (Wildman–Crippen LogP) is 4.88. The van der Waals surface area contributed by atoms with Gasteiger partial charge in [-0.3, -0.25) is 4.79 Å². The van der Waals surface area contributed by atoms with Crippen molar-refractivity contribution >= 4 is 11.6 Å². The Morgan fingerprint density at radius 1 is 1.06 bits per heavy atom. The largest absolute Gasteiger partial charge is 0.396 e. The summed E-state index contributed by atoms with van der Waals surface area (Å²) in [7, 11) is 0. The van der Waals surface area contributed by atoms with E-state index in [1.165, 1.54) is 4.68 Å². The Morgan fingerprint density at radius 3 is 2.22 bits per heavy atom. The van der Waals surface area contributed by atoms with Crippen molar-refractivity contribution in [3.05, 3.63) is 81.0 Å². The van der Waals surface area contributed by atoms with Gasteiger partial charge in [-0.1, -0.05) is 32.9 Å². The molecule has 0 atom stereocenters. The van der Waals surface area contributed by atoms with Crippen LogP contribution in [0.1, 0.15) is 43.9 Å². The lowest BCUT2D eigenvalue weighted by atomic mass is 10.1. The van der Waals surface area contributed by atoms with Crippen molar-refractivity contribution in [3.63, 3.8) is 0 Å². The quantitative estimate of drug-likeness (QED) is 0.542. The summed E-state index contributed by atoms with van der Waals surface area (Å²) in [4.78, 5) is 15.5. The van der Waals surface area contributed by atoms with Gasteiger partial charge in [-0.15, -0.1) is 0 Å². The van der Waals surface area contributed by atoms with E-state index in [2.05, 4.69) is 15.4 Å². The first kappa shape index (κ1) is 26.8. The lowest BCUT2D eigenvalue weighted by Gasteiger charge is -2.14. The molecule has 2 aromatic carbocycles. The third-order valence-corrected chi connectivity index (χ3v) is 4.01. The van der Waals surface area contributed by atoms with Crippen LogP contribution in [0.4, 0.5) is 24.8 Å². The SMILES string of the molecule is CC.CCCO.Cc1ccc(C)c(Nc2nc(=O)cnn2Cc2cc(F)c(F)c(F)c2)c1. The van der Waals surface area contributed by atoms with E-state index >= 15 is 0 Å². The number of nitrogens with zero attached hydrogens (tertiary/aromatic N) is 3. The molecule has 0 bridgehead atoms. The number of hydrogen-bond donors (Lipinski definition) is 2. The van der Waals surface area contributed by atoms with E-state index in [1.54, 1.807) is 0 Å². The van der Waals surface area contributed by atoms with Gasteiger partial charge in [0.2, 0.25) is 5.95 Å². The summed E-state index contributed by atoms with van der Waals surface area (Å²) >= 11 is 0. The van der Waals surface area contributed by atoms with Gasteiger partial charge in [0.1, 0.15) is 6.20 Å². The van der Waals surface area contributed by atoms with Crippen LogP contribution in [0, 0.1) is 31.3 Å². The average Bonchev–Trinajstić information content (AvgIpc) is 2.78. The molecule has 0 saturated carbocycles. The molecule has 0 spiro atoms. The standard InChI is InChI=1S/C18H15F3N4O.C3H8O.C2H6/c1-10-3-4-11(2)15(5-10)23-18-24-16(26)8-22-25(18)9-12-6-13(19)17(21)14(20)7-12;1-2-3-4;1-2/h3-8H,9H2,1-2H3,(H,23,24,26);4H,2-3H2,1H3;1-2H3. The molecule has 0 amide bonds. The molecule has 0 aliphatic rings. The Bertz CT molecular complexity index is 1050. The molecular formula is C23H29F3N4O2. The van der Waals surface area contributed by atoms with Gasteiger partial charge in [-0.25, -0.2) is 17.9 Å². The summed E-state index contributed by atoms with van der Waals surface area (Å²) in [6.45, 7) is 9.94. The number of aryl methyl sites for hydroxylation is 2. The van der Waals surface area contributed by atoms with Gasteiger partial charge in [-0.05, 0) is 55.2 Å². The van der Waals surface area contributed by atoms with Crippen molar-refractivity contribution in [1.29, 1.82) is 0 Å². The van der Waals surface area contributed by atoms with Crippen LogP contribution in [-0.4, -0.2) is 26.5 Å². The van der Waals surface area contributed by atoms with Crippen LogP contribution in [-0.2, 0) is 6.54 Å². The second-order valence-electron chi connectivity index (χ2n) is 6.62. The first-order valence-electron chi connectivity index (χ1n) is 10.3. The summed E-state index contributed by atoms with van der Waals surface area (Å²) in [5.74, 6) is -4.01. The molecule has 32 heavy (non-hydrogen) atoms. The molecule has 1 aromatic heterocycles. The van der Waals surface area contributed by atoms with Crippen molar-refractivity contribution < 1.29 is 18.3 Å². The molecule has 2 N–H and O–H groups in total. The normalized spacial score (nSPS) is 9.91. The molecule has 0 fully saturated rings. The molecule has 0 unspecified atom stereocenters. The summed E-state index contributed by atoms with van der Waals surface area (Å²) in [6, 6.07) is 7.46. The van der Waals surface area contributed by atoms with Crippen molar-refractivity contribution in [2.24, 2.45) is 0 Å². The molecule has 174 valence electrons. The van der Waals surface area contributed by atoms with E-state index in [0.29, 0.717) is 6.61 Å². The maximum atomic E-state index is 13.4. The van der Waals surface area contributed by atoms with E-state index in [1.807, 2.05) is 52.8 Å². The fraction of sp³-hybridized carbons (Fsp3) is 0.348. The number of aliphatic hydroxyl groups excluding tert-OH is 1. The maximum Gasteiger partial charge on any atom is 0.293 e. The van der Waals surface area contributed by atoms with Crippen LogP contribution >= 0.6 is 0 Å². The first-order valence-corrected chi connectivity index (χ1v) is 10.3. The molecule has 6 nitrogen and oxygen atoms in total. The molecule has 1 heterocycles. The minimum absolute atomic E-state index is 0.103. The predicted molar refractivity (Wildman–Crippen MR) is 120 cm³/mol. The van der Waals surface area contributed by atoms with Crippen molar-refractivity contribution in [3.8, 4) is 0 Å². The summed E-state index contributed by atoms with van der Waals surface area (Å²) in [5, 5.41) is 14.8. The fourth-order valence-electron chi connectivity index (χ4n) is 2.44. The average molecular weight is 451 g/mol. The smallest absolute Gasteiger partial charge is 0.293 e. The van der Waals surface area contributed by atoms with E-state index in [0.717, 1.165) is 41.6 Å². The zero-order chi connectivity index (χ0) is 24.3. The summed E-state index contributed by atoms with van der Waals surface area (Å²) in [5.41, 5.74) is 2.21. The van der Waals surface area contributed by atoms with E-state index < -0.39 is 23.0 Å². The molecule has 0 radical (unpaired) electrons. The number of aromatic nitrogens is 3. The molecule has 3 aromatic rings. The zero-order valence-electron chi connectivity index (χ0n) is 18.9. The lowest BCUT2D eigenvalue weighted by Crippen LogP contribution is -2.19. The molecule has 9 heteroatoms. The zero-order valence-corrected chi connectivity index (χ0v) is 18.9. The highest BCUT2D eigenvalue weighted by molar-refractivity contribution is 5.59. The molecule has 0 aliphatic carbocycles. The van der Waals surface area contributed by atoms with Crippen LogP contribution in [0.15, 0.2) is 41.3 Å². The molecule has 0 aliphatic heterocycles. The highest BCUT2D eigenvalue weighted by Crippen LogP contribution is 2.21. The van der Waals surface area contributed by atoms with Gasteiger partial charge >= 0.3 is 0 Å². The van der Waals surface area contributed by atoms with Gasteiger partial charge in [-0.2, -0.15) is 10.1 Å². The molecule has 0 saturated heterocycles. The summed E-state index contributed by atoms with van der Waals surface area (Å²) < 4.78 is 41.2. The Kier molecular flexibility index (Phi) is 11.1. The number of nitrogens with one attached hydrogen (secondary N) is 1. The van der Waals surface area contributed by atoms with Gasteiger partial charge in [0.25, 0.3) is 5.56 Å². The van der Waals surface area contributed by atoms with Gasteiger partial charge in [0.15, 0.2) is 17.5 Å². The summed E-state index contributed by atoms with van der Waals surface area (Å²) in [6.07, 6.45) is 1.87. The number of rotatable bonds is 5. The second kappa shape index (κ2) is 13.3. The third-order valence-electron chi connectivity index (χ3n) is 4.01. The van der Waals surface area contributed by atoms with E-state index in [4.69, 9.17) is 5.11 Å². The Hall–Kier alpha value is -3.20. The van der Waals surface area contributed by atoms with Crippen molar-refractivity contribution in [1.82, 2.24) is 14.8 Å². The van der Waals surface area contributed by atoms with Crippen LogP contribution in [0.2, 0.25) is 0 Å². The monoisotopic (exact) mass is 450 g/mol. The highest BCUT2D eigenvalue weighted by Gasteiger charge is 2.13. The fourth-order valence-corrected chi connectivity index (χ4v) is 2.44. The molecular weight excluding hydrogens is 421 g/mol. The van der Waals surface area contributed by atoms with Crippen LogP contribution in [0.25, 0.3) is 0 Å². The number of anilines is 2. The van der Waals surface area contributed by atoms with Crippen LogP contribution in [0.3, 0.4) is 0 Å². The van der Waals surface area contributed by atoms with Gasteiger partial charge in [0.05, 0.1) is 6.54 Å². The minimum Gasteiger partial charge on any atom is -0.396 e. The van der Waals surface area contributed by atoms with Crippen LogP contribution in [0.5, 0.6) is 0 Å². The second-order valence-corrected chi connectivity index (χ2v) is 6.62. The minimum atomic E-state index is -1.53. The van der Waals surface area contributed by atoms with Crippen molar-refractivity contribution in [2.75, 3.05) is 11.9 Å². The third kappa shape index (κ3) is 7.81. The lowest BCUT2D eigenvalue weighted by molar-refractivity contribution is 0.295. The Morgan fingerprint density at radius 2 is 1.66 bits per heavy atom. The van der Waals surface area contributed by atoms with Crippen LogP contribution < -0.4 is 10.9 Å². The number of hydrogen-bond acceptors (Lipinski definition) is 5. The maximum absolute atomic E-state index is 13.4. The van der Waals surface area contributed by atoms with Gasteiger partial charge in [0, 0.05) is 12.3 Å². The number of halogens is 3. The topological polar surface area (TPSA) is 80.0 Å². The molecule has 3 rings (SSSR count). The first-order chi connectivity index (χ1) is 15.2. The van der Waals surface area contributed by atoms with Gasteiger partial charge < -0.3 is 10.4 Å². The van der Waals surface area contributed by atoms with E-state index in [9.17, 15) is 18.0 Å². The number of benzene rings is 2. The highest BCUT2D eigenvalue weighted by atomic mass is 19.2. The van der Waals surface area contributed by atoms with E-state index in [-0.39, 0.29) is 18.1 Å².